The highest BCUT2D eigenvalue weighted by Gasteiger charge is 2.26. The molecule has 1 heterocycles. The first-order chi connectivity index (χ1) is 10.3. The Morgan fingerprint density at radius 2 is 2.05 bits per heavy atom. The Morgan fingerprint density at radius 1 is 1.24 bits per heavy atom. The average Bonchev–Trinajstić information content (AvgIpc) is 2.89. The standard InChI is InChI=1S/C18H20FNO/c1-20-12-15(13-5-3-2-4-6-13)11-17-10-14-9-16(19)7-8-18(14)21-17/h2-9,15,17,20H,10-12H2,1H3. The zero-order valence-corrected chi connectivity index (χ0v) is 12.2. The van der Waals surface area contributed by atoms with Gasteiger partial charge in [0.25, 0.3) is 0 Å². The largest absolute Gasteiger partial charge is 0.490 e. The second-order valence-electron chi connectivity index (χ2n) is 5.60. The van der Waals surface area contributed by atoms with Crippen molar-refractivity contribution < 1.29 is 9.13 Å². The van der Waals surface area contributed by atoms with E-state index in [4.69, 9.17) is 4.74 Å². The molecule has 1 aliphatic rings. The summed E-state index contributed by atoms with van der Waals surface area (Å²) >= 11 is 0. The summed E-state index contributed by atoms with van der Waals surface area (Å²) in [5.74, 6) is 1.05. The van der Waals surface area contributed by atoms with Gasteiger partial charge >= 0.3 is 0 Å². The van der Waals surface area contributed by atoms with Gasteiger partial charge in [-0.3, -0.25) is 0 Å². The summed E-state index contributed by atoms with van der Waals surface area (Å²) in [6, 6.07) is 15.3. The van der Waals surface area contributed by atoms with Gasteiger partial charge in [0.1, 0.15) is 17.7 Å². The van der Waals surface area contributed by atoms with Crippen LogP contribution in [0.1, 0.15) is 23.5 Å². The second-order valence-corrected chi connectivity index (χ2v) is 5.60. The maximum absolute atomic E-state index is 13.3. The van der Waals surface area contributed by atoms with Crippen molar-refractivity contribution in [3.63, 3.8) is 0 Å². The Balaban J connectivity index is 1.71. The third kappa shape index (κ3) is 3.24. The molecule has 3 rings (SSSR count). The van der Waals surface area contributed by atoms with Gasteiger partial charge in [-0.1, -0.05) is 30.3 Å². The molecular weight excluding hydrogens is 265 g/mol. The van der Waals surface area contributed by atoms with E-state index in [9.17, 15) is 4.39 Å². The highest BCUT2D eigenvalue weighted by Crippen LogP contribution is 2.33. The van der Waals surface area contributed by atoms with Crippen molar-refractivity contribution in [2.45, 2.75) is 24.9 Å². The summed E-state index contributed by atoms with van der Waals surface area (Å²) in [6.45, 7) is 0.911. The van der Waals surface area contributed by atoms with Gasteiger partial charge in [-0.05, 0) is 43.1 Å². The molecular formula is C18H20FNO. The number of likely N-dealkylation sites (N-methyl/N-ethyl adjacent to an activating group) is 1. The van der Waals surface area contributed by atoms with Crippen LogP contribution in [0.25, 0.3) is 0 Å². The van der Waals surface area contributed by atoms with Crippen LogP contribution in [-0.4, -0.2) is 19.7 Å². The van der Waals surface area contributed by atoms with Gasteiger partial charge in [0.15, 0.2) is 0 Å². The van der Waals surface area contributed by atoms with Crippen LogP contribution in [0.15, 0.2) is 48.5 Å². The topological polar surface area (TPSA) is 21.3 Å². The number of hydrogen-bond acceptors (Lipinski definition) is 2. The van der Waals surface area contributed by atoms with E-state index in [0.29, 0.717) is 5.92 Å². The smallest absolute Gasteiger partial charge is 0.123 e. The molecule has 3 heteroatoms. The Morgan fingerprint density at radius 3 is 2.81 bits per heavy atom. The zero-order chi connectivity index (χ0) is 14.7. The van der Waals surface area contributed by atoms with Crippen LogP contribution >= 0.6 is 0 Å². The molecule has 0 saturated carbocycles. The minimum Gasteiger partial charge on any atom is -0.490 e. The van der Waals surface area contributed by atoms with Crippen LogP contribution in [0.5, 0.6) is 5.75 Å². The maximum Gasteiger partial charge on any atom is 0.123 e. The van der Waals surface area contributed by atoms with Crippen LogP contribution in [-0.2, 0) is 6.42 Å². The molecule has 0 aliphatic carbocycles. The molecule has 1 aliphatic heterocycles. The number of rotatable bonds is 5. The molecule has 2 atom stereocenters. The van der Waals surface area contributed by atoms with Crippen LogP contribution < -0.4 is 10.1 Å². The number of nitrogens with one attached hydrogen (secondary N) is 1. The molecule has 21 heavy (non-hydrogen) atoms. The Hall–Kier alpha value is -1.87. The van der Waals surface area contributed by atoms with Crippen molar-refractivity contribution in [2.24, 2.45) is 0 Å². The molecule has 2 unspecified atom stereocenters. The monoisotopic (exact) mass is 285 g/mol. The Kier molecular flexibility index (Phi) is 4.20. The maximum atomic E-state index is 13.3. The number of halogens is 1. The van der Waals surface area contributed by atoms with Crippen molar-refractivity contribution in [2.75, 3.05) is 13.6 Å². The molecule has 1 N–H and O–H groups in total. The van der Waals surface area contributed by atoms with Gasteiger partial charge in [-0.15, -0.1) is 0 Å². The van der Waals surface area contributed by atoms with Gasteiger partial charge in [-0.25, -0.2) is 4.39 Å². The third-order valence-electron chi connectivity index (χ3n) is 4.03. The normalized spacial score (nSPS) is 18.1. The quantitative estimate of drug-likeness (QED) is 0.907. The van der Waals surface area contributed by atoms with Crippen LogP contribution in [0.2, 0.25) is 0 Å². The third-order valence-corrected chi connectivity index (χ3v) is 4.03. The first-order valence-corrected chi connectivity index (χ1v) is 7.41. The van der Waals surface area contributed by atoms with Crippen molar-refractivity contribution in [1.82, 2.24) is 5.32 Å². The summed E-state index contributed by atoms with van der Waals surface area (Å²) < 4.78 is 19.2. The van der Waals surface area contributed by atoms with Crippen molar-refractivity contribution in [3.8, 4) is 5.75 Å². The van der Waals surface area contributed by atoms with E-state index < -0.39 is 0 Å². The van der Waals surface area contributed by atoms with E-state index in [0.717, 1.165) is 30.7 Å². The lowest BCUT2D eigenvalue weighted by Crippen LogP contribution is -2.24. The summed E-state index contributed by atoms with van der Waals surface area (Å²) in [6.07, 6.45) is 1.85. The van der Waals surface area contributed by atoms with E-state index in [1.807, 2.05) is 13.1 Å². The average molecular weight is 285 g/mol. The van der Waals surface area contributed by atoms with E-state index in [-0.39, 0.29) is 11.9 Å². The van der Waals surface area contributed by atoms with Gasteiger partial charge in [0.05, 0.1) is 0 Å². The predicted molar refractivity (Wildman–Crippen MR) is 82.2 cm³/mol. The van der Waals surface area contributed by atoms with Crippen molar-refractivity contribution in [3.05, 3.63) is 65.5 Å². The van der Waals surface area contributed by atoms with E-state index >= 15 is 0 Å². The summed E-state index contributed by atoms with van der Waals surface area (Å²) in [7, 11) is 1.97. The van der Waals surface area contributed by atoms with Crippen LogP contribution in [0.3, 0.4) is 0 Å². The minimum atomic E-state index is -0.187. The summed E-state index contributed by atoms with van der Waals surface area (Å²) in [5, 5.41) is 3.25. The first-order valence-electron chi connectivity index (χ1n) is 7.41. The van der Waals surface area contributed by atoms with E-state index in [1.165, 1.54) is 11.6 Å². The molecule has 0 radical (unpaired) electrons. The Bertz CT molecular complexity index is 599. The van der Waals surface area contributed by atoms with Crippen molar-refractivity contribution in [1.29, 1.82) is 0 Å². The molecule has 2 nitrogen and oxygen atoms in total. The molecule has 0 spiro atoms. The fourth-order valence-electron chi connectivity index (χ4n) is 3.05. The van der Waals surface area contributed by atoms with Gasteiger partial charge < -0.3 is 10.1 Å². The summed E-state index contributed by atoms with van der Waals surface area (Å²) in [5.41, 5.74) is 2.30. The molecule has 2 aromatic rings. The number of fused-ring (bicyclic) bond motifs is 1. The summed E-state index contributed by atoms with van der Waals surface area (Å²) in [4.78, 5) is 0. The first kappa shape index (κ1) is 14.1. The van der Waals surface area contributed by atoms with Crippen LogP contribution in [0, 0.1) is 5.82 Å². The lowest BCUT2D eigenvalue weighted by Gasteiger charge is -2.21. The lowest BCUT2D eigenvalue weighted by molar-refractivity contribution is 0.209. The lowest BCUT2D eigenvalue weighted by atomic mass is 9.91. The van der Waals surface area contributed by atoms with Crippen molar-refractivity contribution >= 4 is 0 Å². The fourth-order valence-corrected chi connectivity index (χ4v) is 3.05. The molecule has 0 saturated heterocycles. The van der Waals surface area contributed by atoms with Gasteiger partial charge in [-0.2, -0.15) is 0 Å². The highest BCUT2D eigenvalue weighted by molar-refractivity contribution is 5.38. The molecule has 2 aromatic carbocycles. The number of ether oxygens (including phenoxy) is 1. The van der Waals surface area contributed by atoms with Gasteiger partial charge in [0.2, 0.25) is 0 Å². The Labute approximate surface area is 125 Å². The molecule has 110 valence electrons. The zero-order valence-electron chi connectivity index (χ0n) is 12.2. The highest BCUT2D eigenvalue weighted by atomic mass is 19.1. The second kappa shape index (κ2) is 6.27. The number of benzene rings is 2. The predicted octanol–water partition coefficient (Wildman–Crippen LogP) is 3.52. The fraction of sp³-hybridized carbons (Fsp3) is 0.333. The molecule has 0 amide bonds. The number of hydrogen-bond donors (Lipinski definition) is 1. The molecule has 0 fully saturated rings. The van der Waals surface area contributed by atoms with E-state index in [1.54, 1.807) is 12.1 Å². The van der Waals surface area contributed by atoms with Gasteiger partial charge in [0, 0.05) is 18.5 Å². The molecule has 0 bridgehead atoms. The van der Waals surface area contributed by atoms with E-state index in [2.05, 4.69) is 29.6 Å². The van der Waals surface area contributed by atoms with Crippen LogP contribution in [0.4, 0.5) is 4.39 Å². The molecule has 0 aromatic heterocycles. The SMILES string of the molecule is CNCC(CC1Cc2cc(F)ccc2O1)c1ccccc1. The minimum absolute atomic E-state index is 0.125.